The molecule has 3 aromatic rings. The van der Waals surface area contributed by atoms with Crippen LogP contribution in [-0.2, 0) is 10.4 Å². The van der Waals surface area contributed by atoms with E-state index in [0.717, 1.165) is 5.56 Å². The van der Waals surface area contributed by atoms with E-state index in [0.29, 0.717) is 48.8 Å². The molecule has 1 saturated heterocycles. The highest BCUT2D eigenvalue weighted by molar-refractivity contribution is 5.77. The van der Waals surface area contributed by atoms with Gasteiger partial charge in [-0.2, -0.15) is 10.1 Å². The van der Waals surface area contributed by atoms with Gasteiger partial charge in [0.15, 0.2) is 11.5 Å². The molecule has 136 valence electrons. The minimum absolute atomic E-state index is 0.303. The number of fused-ring (bicyclic) bond motifs is 4. The van der Waals surface area contributed by atoms with Gasteiger partial charge in [-0.1, -0.05) is 30.3 Å². The number of hydrogen-bond donors (Lipinski definition) is 1. The first-order valence-electron chi connectivity index (χ1n) is 8.89. The normalized spacial score (nSPS) is 17.1. The van der Waals surface area contributed by atoms with E-state index in [1.807, 2.05) is 30.3 Å². The molecule has 2 aliphatic heterocycles. The fourth-order valence-electron chi connectivity index (χ4n) is 3.80. The summed E-state index contributed by atoms with van der Waals surface area (Å²) in [7, 11) is 0. The van der Waals surface area contributed by atoms with E-state index in [9.17, 15) is 9.18 Å². The lowest BCUT2D eigenvalue weighted by Gasteiger charge is -2.43. The van der Waals surface area contributed by atoms with Gasteiger partial charge >= 0.3 is 0 Å². The third-order valence-electron chi connectivity index (χ3n) is 5.17. The fraction of sp³-hybridized carbons (Fsp3) is 0.250. The Morgan fingerprint density at radius 3 is 2.67 bits per heavy atom. The van der Waals surface area contributed by atoms with Crippen LogP contribution >= 0.6 is 0 Å². The maximum Gasteiger partial charge on any atom is 0.300 e. The molecule has 0 saturated carbocycles. The van der Waals surface area contributed by atoms with E-state index < -0.39 is 11.2 Å². The predicted octanol–water partition coefficient (Wildman–Crippen LogP) is 3.00. The molecule has 2 aliphatic rings. The summed E-state index contributed by atoms with van der Waals surface area (Å²) < 4.78 is 21.1. The van der Waals surface area contributed by atoms with Crippen LogP contribution in [0.2, 0.25) is 0 Å². The smallest absolute Gasteiger partial charge is 0.300 e. The number of hydrogen-bond acceptors (Lipinski definition) is 5. The van der Waals surface area contributed by atoms with Gasteiger partial charge in [0.1, 0.15) is 11.5 Å². The quantitative estimate of drug-likeness (QED) is 0.719. The van der Waals surface area contributed by atoms with Gasteiger partial charge in [0.05, 0.1) is 13.2 Å². The van der Waals surface area contributed by atoms with Crippen LogP contribution in [-0.4, -0.2) is 28.0 Å². The molecule has 1 fully saturated rings. The highest BCUT2D eigenvalue weighted by atomic mass is 19.1. The second kappa shape index (κ2) is 5.99. The van der Waals surface area contributed by atoms with Crippen molar-refractivity contribution in [2.75, 3.05) is 18.5 Å². The van der Waals surface area contributed by atoms with Crippen LogP contribution in [0.25, 0.3) is 22.6 Å². The zero-order valence-electron chi connectivity index (χ0n) is 14.5. The van der Waals surface area contributed by atoms with Crippen molar-refractivity contribution < 1.29 is 9.13 Å². The zero-order valence-corrected chi connectivity index (χ0v) is 14.5. The molecule has 0 radical (unpaired) electrons. The minimum Gasteiger partial charge on any atom is -0.381 e. The van der Waals surface area contributed by atoms with E-state index >= 15 is 0 Å². The number of aromatic nitrogens is 3. The molecule has 0 bridgehead atoms. The largest absolute Gasteiger partial charge is 0.381 e. The number of nitrogens with one attached hydrogen (secondary N) is 1. The Kier molecular flexibility index (Phi) is 3.58. The maximum atomic E-state index is 13.8. The molecule has 0 unspecified atom stereocenters. The Morgan fingerprint density at radius 1 is 1.11 bits per heavy atom. The molecule has 0 aliphatic carbocycles. The van der Waals surface area contributed by atoms with Crippen molar-refractivity contribution in [1.82, 2.24) is 14.8 Å². The molecule has 0 amide bonds. The Balaban J connectivity index is 1.78. The van der Waals surface area contributed by atoms with Gasteiger partial charge < -0.3 is 10.1 Å². The number of benzene rings is 2. The standard InChI is InChI=1S/C20H17FN4O2/c21-14-6-7-15-16(12-14)23-20(8-10-27-11-9-20)25-18(15)22-19(26)17(24-25)13-4-2-1-3-5-13/h1-7,12,23H,8-11H2. The second-order valence-electron chi connectivity index (χ2n) is 6.83. The number of ether oxygens (including phenoxy) is 1. The zero-order chi connectivity index (χ0) is 18.4. The first-order chi connectivity index (χ1) is 13.2. The monoisotopic (exact) mass is 364 g/mol. The third kappa shape index (κ3) is 2.54. The van der Waals surface area contributed by atoms with Crippen molar-refractivity contribution in [3.8, 4) is 22.6 Å². The van der Waals surface area contributed by atoms with Crippen LogP contribution < -0.4 is 10.9 Å². The van der Waals surface area contributed by atoms with Crippen molar-refractivity contribution >= 4 is 5.69 Å². The van der Waals surface area contributed by atoms with Crippen molar-refractivity contribution in [2.24, 2.45) is 0 Å². The fourth-order valence-corrected chi connectivity index (χ4v) is 3.80. The van der Waals surface area contributed by atoms with Crippen molar-refractivity contribution in [3.05, 3.63) is 64.7 Å². The highest BCUT2D eigenvalue weighted by Crippen LogP contribution is 2.41. The SMILES string of the molecule is O=c1nc2n(nc1-c1ccccc1)C1(CCOCC1)Nc1cc(F)ccc1-2. The van der Waals surface area contributed by atoms with E-state index in [-0.39, 0.29) is 5.82 Å². The number of nitrogens with zero attached hydrogens (tertiary/aromatic N) is 3. The van der Waals surface area contributed by atoms with Crippen LogP contribution in [0.4, 0.5) is 10.1 Å². The number of halogens is 1. The van der Waals surface area contributed by atoms with Crippen molar-refractivity contribution in [2.45, 2.75) is 18.5 Å². The van der Waals surface area contributed by atoms with Gasteiger partial charge in [0, 0.05) is 29.7 Å². The summed E-state index contributed by atoms with van der Waals surface area (Å²) in [5.74, 6) is 0.114. The summed E-state index contributed by atoms with van der Waals surface area (Å²) in [5, 5.41) is 8.16. The lowest BCUT2D eigenvalue weighted by molar-refractivity contribution is 0.0272. The van der Waals surface area contributed by atoms with Crippen molar-refractivity contribution in [1.29, 1.82) is 0 Å². The van der Waals surface area contributed by atoms with Gasteiger partial charge in [-0.25, -0.2) is 9.07 Å². The summed E-state index contributed by atoms with van der Waals surface area (Å²) in [5.41, 5.74) is 1.32. The number of rotatable bonds is 1. The predicted molar refractivity (Wildman–Crippen MR) is 98.8 cm³/mol. The van der Waals surface area contributed by atoms with Crippen LogP contribution in [0.3, 0.4) is 0 Å². The minimum atomic E-state index is -0.599. The molecule has 27 heavy (non-hydrogen) atoms. The second-order valence-corrected chi connectivity index (χ2v) is 6.83. The molecular formula is C20H17FN4O2. The average molecular weight is 364 g/mol. The van der Waals surface area contributed by atoms with E-state index in [1.165, 1.54) is 12.1 Å². The molecule has 7 heteroatoms. The van der Waals surface area contributed by atoms with Crippen LogP contribution in [0.5, 0.6) is 0 Å². The number of anilines is 1. The molecule has 1 aromatic heterocycles. The molecular weight excluding hydrogens is 347 g/mol. The lowest BCUT2D eigenvalue weighted by atomic mass is 9.95. The van der Waals surface area contributed by atoms with Gasteiger partial charge in [-0.3, -0.25) is 4.79 Å². The summed E-state index contributed by atoms with van der Waals surface area (Å²) in [6.07, 6.45) is 1.28. The summed E-state index contributed by atoms with van der Waals surface area (Å²) in [6, 6.07) is 13.7. The molecule has 6 nitrogen and oxygen atoms in total. The highest BCUT2D eigenvalue weighted by Gasteiger charge is 2.41. The van der Waals surface area contributed by atoms with Crippen molar-refractivity contribution in [3.63, 3.8) is 0 Å². The molecule has 5 rings (SSSR count). The van der Waals surface area contributed by atoms with E-state index in [1.54, 1.807) is 10.7 Å². The third-order valence-corrected chi connectivity index (χ3v) is 5.17. The van der Waals surface area contributed by atoms with Gasteiger partial charge in [0.25, 0.3) is 5.56 Å². The summed E-state index contributed by atoms with van der Waals surface area (Å²) >= 11 is 0. The van der Waals surface area contributed by atoms with Gasteiger partial charge in [0.2, 0.25) is 0 Å². The summed E-state index contributed by atoms with van der Waals surface area (Å²) in [6.45, 7) is 1.09. The first kappa shape index (κ1) is 16.1. The molecule has 3 heterocycles. The van der Waals surface area contributed by atoms with Gasteiger partial charge in [-0.15, -0.1) is 0 Å². The average Bonchev–Trinajstić information content (AvgIpc) is 2.69. The Hall–Kier alpha value is -3.06. The van der Waals surface area contributed by atoms with E-state index in [4.69, 9.17) is 9.84 Å². The maximum absolute atomic E-state index is 13.8. The van der Waals surface area contributed by atoms with Gasteiger partial charge in [-0.05, 0) is 18.2 Å². The Labute approximate surface area is 154 Å². The Bertz CT molecular complexity index is 1080. The van der Waals surface area contributed by atoms with E-state index in [2.05, 4.69) is 10.3 Å². The van der Waals surface area contributed by atoms with Crippen LogP contribution in [0, 0.1) is 5.82 Å². The van der Waals surface area contributed by atoms with Crippen LogP contribution in [0.15, 0.2) is 53.3 Å². The molecule has 0 atom stereocenters. The first-order valence-corrected chi connectivity index (χ1v) is 8.89. The lowest BCUT2D eigenvalue weighted by Crippen LogP contribution is -2.51. The molecule has 1 spiro atoms. The molecule has 1 N–H and O–H groups in total. The Morgan fingerprint density at radius 2 is 1.89 bits per heavy atom. The molecule has 2 aromatic carbocycles. The topological polar surface area (TPSA) is 69.0 Å². The van der Waals surface area contributed by atoms with Crippen LogP contribution in [0.1, 0.15) is 12.8 Å². The summed E-state index contributed by atoms with van der Waals surface area (Å²) in [4.78, 5) is 17.1.